The Kier molecular flexibility index (Phi) is 4.58. The lowest BCUT2D eigenvalue weighted by Gasteiger charge is -2.04. The van der Waals surface area contributed by atoms with Crippen LogP contribution < -0.4 is 10.2 Å². The average Bonchev–Trinajstić information content (AvgIpc) is 2.41. The smallest absolute Gasteiger partial charge is 0.133 e. The number of hydrazone groups is 1. The summed E-state index contributed by atoms with van der Waals surface area (Å²) in [4.78, 5) is 0. The first-order chi connectivity index (χ1) is 9.20. The van der Waals surface area contributed by atoms with Gasteiger partial charge in [-0.25, -0.2) is 0 Å². The van der Waals surface area contributed by atoms with Gasteiger partial charge in [0, 0.05) is 0 Å². The van der Waals surface area contributed by atoms with Crippen LogP contribution in [0.3, 0.4) is 0 Å². The fourth-order valence-corrected chi connectivity index (χ4v) is 2.20. The van der Waals surface area contributed by atoms with Gasteiger partial charge < -0.3 is 4.74 Å². The number of para-hydroxylation sites is 1. The second-order valence-corrected chi connectivity index (χ2v) is 4.93. The van der Waals surface area contributed by atoms with Gasteiger partial charge in [-0.1, -0.05) is 18.2 Å². The number of hydrogen-bond acceptors (Lipinski definition) is 3. The fraction of sp³-hybridized carbons (Fsp3) is 0.133. The Morgan fingerprint density at radius 3 is 2.68 bits per heavy atom. The molecule has 0 heterocycles. The molecule has 0 saturated heterocycles. The van der Waals surface area contributed by atoms with Crippen LogP contribution in [0.15, 0.2) is 52.0 Å². The molecule has 0 saturated carbocycles. The van der Waals surface area contributed by atoms with Crippen molar-refractivity contribution in [2.45, 2.75) is 6.92 Å². The van der Waals surface area contributed by atoms with Crippen molar-refractivity contribution in [2.24, 2.45) is 5.10 Å². The Hall–Kier alpha value is -1.81. The Labute approximate surface area is 121 Å². The number of aryl methyl sites for hydroxylation is 1. The van der Waals surface area contributed by atoms with E-state index >= 15 is 0 Å². The van der Waals surface area contributed by atoms with E-state index in [1.807, 2.05) is 49.4 Å². The van der Waals surface area contributed by atoms with Crippen molar-refractivity contribution >= 4 is 27.8 Å². The lowest BCUT2D eigenvalue weighted by atomic mass is 10.2. The molecule has 0 radical (unpaired) electrons. The molecule has 0 amide bonds. The van der Waals surface area contributed by atoms with Crippen LogP contribution in [-0.2, 0) is 0 Å². The van der Waals surface area contributed by atoms with Crippen molar-refractivity contribution in [3.63, 3.8) is 0 Å². The van der Waals surface area contributed by atoms with Crippen molar-refractivity contribution in [1.29, 1.82) is 0 Å². The number of hydrogen-bond donors (Lipinski definition) is 1. The molecule has 0 aliphatic carbocycles. The van der Waals surface area contributed by atoms with Crippen molar-refractivity contribution < 1.29 is 4.74 Å². The first-order valence-corrected chi connectivity index (χ1v) is 6.68. The summed E-state index contributed by atoms with van der Waals surface area (Å²) in [7, 11) is 1.65. The van der Waals surface area contributed by atoms with E-state index in [0.29, 0.717) is 0 Å². The second-order valence-electron chi connectivity index (χ2n) is 4.08. The van der Waals surface area contributed by atoms with E-state index in [-0.39, 0.29) is 0 Å². The molecular weight excluding hydrogens is 304 g/mol. The van der Waals surface area contributed by atoms with Crippen LogP contribution in [0.1, 0.15) is 11.1 Å². The van der Waals surface area contributed by atoms with Crippen LogP contribution in [-0.4, -0.2) is 13.3 Å². The Morgan fingerprint density at radius 2 is 2.00 bits per heavy atom. The third-order valence-electron chi connectivity index (χ3n) is 2.72. The molecule has 0 fully saturated rings. The quantitative estimate of drug-likeness (QED) is 0.676. The predicted octanol–water partition coefficient (Wildman–Crippen LogP) is 4.21. The van der Waals surface area contributed by atoms with Crippen LogP contribution in [0.25, 0.3) is 0 Å². The van der Waals surface area contributed by atoms with Gasteiger partial charge in [0.15, 0.2) is 0 Å². The molecule has 19 heavy (non-hydrogen) atoms. The number of nitrogens with zero attached hydrogens (tertiary/aromatic N) is 1. The minimum Gasteiger partial charge on any atom is -0.496 e. The highest BCUT2D eigenvalue weighted by Crippen LogP contribution is 2.24. The third kappa shape index (κ3) is 3.58. The van der Waals surface area contributed by atoms with Gasteiger partial charge in [0.05, 0.1) is 23.5 Å². The Morgan fingerprint density at radius 1 is 1.21 bits per heavy atom. The van der Waals surface area contributed by atoms with Crippen LogP contribution in [0, 0.1) is 6.92 Å². The van der Waals surface area contributed by atoms with E-state index in [1.54, 1.807) is 13.3 Å². The van der Waals surface area contributed by atoms with E-state index in [0.717, 1.165) is 27.0 Å². The predicted molar refractivity (Wildman–Crippen MR) is 83.1 cm³/mol. The lowest BCUT2D eigenvalue weighted by Crippen LogP contribution is -1.93. The zero-order chi connectivity index (χ0) is 13.7. The number of benzene rings is 2. The zero-order valence-corrected chi connectivity index (χ0v) is 12.4. The fourth-order valence-electron chi connectivity index (χ4n) is 1.64. The highest BCUT2D eigenvalue weighted by Gasteiger charge is 1.99. The van der Waals surface area contributed by atoms with Crippen molar-refractivity contribution in [2.75, 3.05) is 12.5 Å². The van der Waals surface area contributed by atoms with E-state index < -0.39 is 0 Å². The molecule has 2 aromatic carbocycles. The van der Waals surface area contributed by atoms with E-state index in [1.165, 1.54) is 0 Å². The SMILES string of the molecule is COc1ccc(/C=N\Nc2ccccc2C)cc1Br. The zero-order valence-electron chi connectivity index (χ0n) is 10.9. The molecule has 0 unspecified atom stereocenters. The molecule has 2 rings (SSSR count). The average molecular weight is 319 g/mol. The summed E-state index contributed by atoms with van der Waals surface area (Å²) < 4.78 is 6.09. The topological polar surface area (TPSA) is 33.6 Å². The van der Waals surface area contributed by atoms with Crippen molar-refractivity contribution in [3.8, 4) is 5.75 Å². The first kappa shape index (κ1) is 13.6. The van der Waals surface area contributed by atoms with Crippen LogP contribution in [0.5, 0.6) is 5.75 Å². The molecule has 98 valence electrons. The summed E-state index contributed by atoms with van der Waals surface area (Å²) >= 11 is 3.45. The standard InChI is InChI=1S/C15H15BrN2O/c1-11-5-3-4-6-14(11)18-17-10-12-7-8-15(19-2)13(16)9-12/h3-10,18H,1-2H3/b17-10-. The molecule has 0 bridgehead atoms. The molecule has 4 heteroatoms. The molecule has 1 N–H and O–H groups in total. The highest BCUT2D eigenvalue weighted by atomic mass is 79.9. The molecule has 0 aliphatic heterocycles. The summed E-state index contributed by atoms with van der Waals surface area (Å²) in [5.41, 5.74) is 6.19. The summed E-state index contributed by atoms with van der Waals surface area (Å²) in [5, 5.41) is 4.23. The molecule has 0 spiro atoms. The maximum Gasteiger partial charge on any atom is 0.133 e. The van der Waals surface area contributed by atoms with E-state index in [4.69, 9.17) is 4.74 Å². The van der Waals surface area contributed by atoms with Crippen LogP contribution in [0.4, 0.5) is 5.69 Å². The van der Waals surface area contributed by atoms with Gasteiger partial charge >= 0.3 is 0 Å². The van der Waals surface area contributed by atoms with Gasteiger partial charge in [-0.3, -0.25) is 5.43 Å². The largest absolute Gasteiger partial charge is 0.496 e. The minimum absolute atomic E-state index is 0.809. The number of rotatable bonds is 4. The molecule has 0 aliphatic rings. The Bertz CT molecular complexity index is 596. The van der Waals surface area contributed by atoms with Crippen LogP contribution in [0.2, 0.25) is 0 Å². The summed E-state index contributed by atoms with van der Waals surface area (Å²) in [5.74, 6) is 0.809. The van der Waals surface area contributed by atoms with E-state index in [2.05, 4.69) is 26.5 Å². The molecule has 0 atom stereocenters. The number of anilines is 1. The minimum atomic E-state index is 0.809. The monoisotopic (exact) mass is 318 g/mol. The van der Waals surface area contributed by atoms with Gasteiger partial charge in [0.2, 0.25) is 0 Å². The number of nitrogens with one attached hydrogen (secondary N) is 1. The lowest BCUT2D eigenvalue weighted by molar-refractivity contribution is 0.412. The number of methoxy groups -OCH3 is 1. The van der Waals surface area contributed by atoms with Gasteiger partial charge in [-0.05, 0) is 58.2 Å². The number of halogens is 1. The van der Waals surface area contributed by atoms with E-state index in [9.17, 15) is 0 Å². The van der Waals surface area contributed by atoms with Crippen LogP contribution >= 0.6 is 15.9 Å². The maximum absolute atomic E-state index is 5.18. The number of ether oxygens (including phenoxy) is 1. The maximum atomic E-state index is 5.18. The highest BCUT2D eigenvalue weighted by molar-refractivity contribution is 9.10. The Balaban J connectivity index is 2.07. The summed E-state index contributed by atoms with van der Waals surface area (Å²) in [6.07, 6.45) is 1.77. The summed E-state index contributed by atoms with van der Waals surface area (Å²) in [6, 6.07) is 13.8. The third-order valence-corrected chi connectivity index (χ3v) is 3.34. The molecule has 0 aromatic heterocycles. The molecular formula is C15H15BrN2O. The van der Waals surface area contributed by atoms with Gasteiger partial charge in [-0.2, -0.15) is 5.10 Å². The molecule has 2 aromatic rings. The summed E-state index contributed by atoms with van der Waals surface area (Å²) in [6.45, 7) is 2.04. The van der Waals surface area contributed by atoms with Gasteiger partial charge in [0.25, 0.3) is 0 Å². The second kappa shape index (κ2) is 6.38. The van der Waals surface area contributed by atoms with Gasteiger partial charge in [-0.15, -0.1) is 0 Å². The van der Waals surface area contributed by atoms with Crippen molar-refractivity contribution in [1.82, 2.24) is 0 Å². The normalized spacial score (nSPS) is 10.7. The first-order valence-electron chi connectivity index (χ1n) is 5.89. The van der Waals surface area contributed by atoms with Crippen molar-refractivity contribution in [3.05, 3.63) is 58.1 Å². The molecule has 3 nitrogen and oxygen atoms in total. The van der Waals surface area contributed by atoms with Gasteiger partial charge in [0.1, 0.15) is 5.75 Å².